The van der Waals surface area contributed by atoms with Crippen LogP contribution in [-0.2, 0) is 6.18 Å². The van der Waals surface area contributed by atoms with E-state index in [0.717, 1.165) is 0 Å². The molecule has 0 saturated carbocycles. The molecule has 0 aliphatic carbocycles. The number of nitrogens with two attached hydrogens (primary N) is 1. The summed E-state index contributed by atoms with van der Waals surface area (Å²) >= 11 is 1.27. The highest BCUT2D eigenvalue weighted by atomic mass is 127. The first-order valence-electron chi connectivity index (χ1n) is 3.54. The molecular weight excluding hydrogens is 334 g/mol. The number of alkyl halides is 5. The molecule has 2 N–H and O–H groups in total. The SMILES string of the molecule is Nc1c(C(F)F)ncc(C(F)(F)F)c1I. The van der Waals surface area contributed by atoms with Crippen molar-refractivity contribution in [3.63, 3.8) is 0 Å². The lowest BCUT2D eigenvalue weighted by atomic mass is 10.2. The van der Waals surface area contributed by atoms with Crippen LogP contribution in [0.15, 0.2) is 6.20 Å². The average Bonchev–Trinajstić information content (AvgIpc) is 2.06. The first-order valence-corrected chi connectivity index (χ1v) is 4.62. The van der Waals surface area contributed by atoms with Gasteiger partial charge in [-0.05, 0) is 22.6 Å². The Kier molecular flexibility index (Phi) is 3.36. The number of nitrogen functional groups attached to an aromatic ring is 1. The van der Waals surface area contributed by atoms with Gasteiger partial charge in [-0.3, -0.25) is 4.98 Å². The molecular formula is C7H4F5IN2. The number of halogens is 6. The maximum absolute atomic E-state index is 12.3. The minimum atomic E-state index is -4.64. The van der Waals surface area contributed by atoms with Crippen molar-refractivity contribution in [1.29, 1.82) is 0 Å². The van der Waals surface area contributed by atoms with Gasteiger partial charge >= 0.3 is 6.18 Å². The van der Waals surface area contributed by atoms with E-state index in [1.807, 2.05) is 0 Å². The zero-order valence-corrected chi connectivity index (χ0v) is 9.10. The van der Waals surface area contributed by atoms with Gasteiger partial charge in [0.1, 0.15) is 5.69 Å². The van der Waals surface area contributed by atoms with Gasteiger partial charge in [-0.15, -0.1) is 0 Å². The number of nitrogens with zero attached hydrogens (tertiary/aromatic N) is 1. The summed E-state index contributed by atoms with van der Waals surface area (Å²) in [6.45, 7) is 0. The molecule has 0 unspecified atom stereocenters. The van der Waals surface area contributed by atoms with Crippen molar-refractivity contribution >= 4 is 28.3 Å². The third-order valence-corrected chi connectivity index (χ3v) is 2.76. The molecule has 1 heterocycles. The highest BCUT2D eigenvalue weighted by molar-refractivity contribution is 14.1. The number of pyridine rings is 1. The van der Waals surface area contributed by atoms with E-state index >= 15 is 0 Å². The normalized spacial score (nSPS) is 12.2. The van der Waals surface area contributed by atoms with Crippen LogP contribution in [0.3, 0.4) is 0 Å². The highest BCUT2D eigenvalue weighted by Crippen LogP contribution is 2.37. The molecule has 0 aliphatic heterocycles. The molecule has 0 bridgehead atoms. The first kappa shape index (κ1) is 12.4. The summed E-state index contributed by atoms with van der Waals surface area (Å²) < 4.78 is 60.8. The summed E-state index contributed by atoms with van der Waals surface area (Å²) in [4.78, 5) is 3.01. The number of hydrogen-bond donors (Lipinski definition) is 1. The Morgan fingerprint density at radius 1 is 1.33 bits per heavy atom. The molecule has 84 valence electrons. The first-order chi connectivity index (χ1) is 6.75. The Morgan fingerprint density at radius 2 is 1.87 bits per heavy atom. The van der Waals surface area contributed by atoms with Gasteiger partial charge in [-0.1, -0.05) is 0 Å². The molecule has 1 aromatic heterocycles. The van der Waals surface area contributed by atoms with Crippen LogP contribution >= 0.6 is 22.6 Å². The maximum Gasteiger partial charge on any atom is 0.418 e. The van der Waals surface area contributed by atoms with Gasteiger partial charge in [0, 0.05) is 6.20 Å². The van der Waals surface area contributed by atoms with Crippen molar-refractivity contribution in [3.05, 3.63) is 21.0 Å². The van der Waals surface area contributed by atoms with E-state index in [2.05, 4.69) is 4.98 Å². The van der Waals surface area contributed by atoms with Gasteiger partial charge in [0.25, 0.3) is 6.43 Å². The predicted molar refractivity (Wildman–Crippen MR) is 51.3 cm³/mol. The topological polar surface area (TPSA) is 38.9 Å². The van der Waals surface area contributed by atoms with Crippen LogP contribution in [-0.4, -0.2) is 4.98 Å². The molecule has 0 fully saturated rings. The third-order valence-electron chi connectivity index (χ3n) is 1.59. The summed E-state index contributed by atoms with van der Waals surface area (Å²) in [5.41, 5.74) is 2.57. The quantitative estimate of drug-likeness (QED) is 0.631. The van der Waals surface area contributed by atoms with Gasteiger partial charge in [-0.25, -0.2) is 8.78 Å². The molecule has 15 heavy (non-hydrogen) atoms. The third kappa shape index (κ3) is 2.47. The average molecular weight is 338 g/mol. The van der Waals surface area contributed by atoms with Crippen LogP contribution in [0.25, 0.3) is 0 Å². The summed E-state index contributed by atoms with van der Waals surface area (Å²) in [6, 6.07) is 0. The molecule has 8 heteroatoms. The van der Waals surface area contributed by atoms with Crippen molar-refractivity contribution in [1.82, 2.24) is 4.98 Å². The second-order valence-electron chi connectivity index (χ2n) is 2.58. The van der Waals surface area contributed by atoms with E-state index in [-0.39, 0.29) is 0 Å². The summed E-state index contributed by atoms with van der Waals surface area (Å²) in [6.07, 6.45) is -7.27. The van der Waals surface area contributed by atoms with Gasteiger partial charge in [0.05, 0.1) is 14.8 Å². The molecule has 1 aromatic rings. The lowest BCUT2D eigenvalue weighted by Crippen LogP contribution is -2.12. The van der Waals surface area contributed by atoms with Crippen molar-refractivity contribution in [3.8, 4) is 0 Å². The van der Waals surface area contributed by atoms with Crippen LogP contribution in [0, 0.1) is 3.57 Å². The maximum atomic E-state index is 12.3. The predicted octanol–water partition coefficient (Wildman–Crippen LogP) is 3.22. The fraction of sp³-hybridized carbons (Fsp3) is 0.286. The van der Waals surface area contributed by atoms with Gasteiger partial charge < -0.3 is 5.73 Å². The molecule has 0 radical (unpaired) electrons. The fourth-order valence-electron chi connectivity index (χ4n) is 0.889. The van der Waals surface area contributed by atoms with Gasteiger partial charge in [0.2, 0.25) is 0 Å². The molecule has 0 amide bonds. The Hall–Kier alpha value is -0.670. The van der Waals surface area contributed by atoms with Crippen LogP contribution in [0.1, 0.15) is 17.7 Å². The standard InChI is InChI=1S/C7H4F5IN2/c8-6(9)5-4(14)3(13)2(1-15-5)7(10,11)12/h1,6H,14H2. The highest BCUT2D eigenvalue weighted by Gasteiger charge is 2.35. The van der Waals surface area contributed by atoms with Gasteiger partial charge in [0.15, 0.2) is 0 Å². The van der Waals surface area contributed by atoms with Crippen LogP contribution in [0.4, 0.5) is 27.6 Å². The lowest BCUT2D eigenvalue weighted by molar-refractivity contribution is -0.138. The number of anilines is 1. The Bertz CT molecular complexity index is 376. The monoisotopic (exact) mass is 338 g/mol. The molecule has 0 aromatic carbocycles. The van der Waals surface area contributed by atoms with E-state index in [0.29, 0.717) is 6.20 Å². The second kappa shape index (κ2) is 4.06. The van der Waals surface area contributed by atoms with Crippen molar-refractivity contribution in [2.75, 3.05) is 5.73 Å². The van der Waals surface area contributed by atoms with E-state index in [4.69, 9.17) is 5.73 Å². The van der Waals surface area contributed by atoms with E-state index in [1.54, 1.807) is 0 Å². The van der Waals surface area contributed by atoms with E-state index < -0.39 is 33.1 Å². The van der Waals surface area contributed by atoms with Crippen molar-refractivity contribution < 1.29 is 22.0 Å². The summed E-state index contributed by atoms with van der Waals surface area (Å²) in [7, 11) is 0. The second-order valence-corrected chi connectivity index (χ2v) is 3.66. The lowest BCUT2D eigenvalue weighted by Gasteiger charge is -2.12. The van der Waals surface area contributed by atoms with E-state index in [1.165, 1.54) is 22.6 Å². The van der Waals surface area contributed by atoms with Gasteiger partial charge in [-0.2, -0.15) is 13.2 Å². The van der Waals surface area contributed by atoms with Crippen molar-refractivity contribution in [2.45, 2.75) is 12.6 Å². The largest absolute Gasteiger partial charge is 0.418 e. The zero-order chi connectivity index (χ0) is 11.8. The number of aromatic nitrogens is 1. The Morgan fingerprint density at radius 3 is 2.27 bits per heavy atom. The summed E-state index contributed by atoms with van der Waals surface area (Å²) in [5.74, 6) is 0. The number of rotatable bonds is 1. The summed E-state index contributed by atoms with van der Waals surface area (Å²) in [5, 5.41) is 0. The zero-order valence-electron chi connectivity index (χ0n) is 6.95. The molecule has 2 nitrogen and oxygen atoms in total. The molecule has 1 rings (SSSR count). The Balaban J connectivity index is 3.34. The molecule has 0 spiro atoms. The van der Waals surface area contributed by atoms with Crippen LogP contribution in [0.5, 0.6) is 0 Å². The number of hydrogen-bond acceptors (Lipinski definition) is 2. The smallest absolute Gasteiger partial charge is 0.396 e. The fourth-order valence-corrected chi connectivity index (χ4v) is 1.61. The van der Waals surface area contributed by atoms with Crippen molar-refractivity contribution in [2.24, 2.45) is 0 Å². The van der Waals surface area contributed by atoms with E-state index in [9.17, 15) is 22.0 Å². The molecule has 0 aliphatic rings. The minimum Gasteiger partial charge on any atom is -0.396 e. The minimum absolute atomic E-state index is 0.361. The van der Waals surface area contributed by atoms with Crippen LogP contribution in [0.2, 0.25) is 0 Å². The Labute approximate surface area is 94.8 Å². The molecule has 0 atom stereocenters. The van der Waals surface area contributed by atoms with Crippen LogP contribution < -0.4 is 5.73 Å². The molecule has 0 saturated heterocycles.